The molecular weight excluding hydrogens is 504 g/mol. The number of hydrogen-bond donors (Lipinski definition) is 1. The van der Waals surface area contributed by atoms with Gasteiger partial charge in [-0.3, -0.25) is 4.79 Å². The average Bonchev–Trinajstić information content (AvgIpc) is 3.19. The molecule has 9 nitrogen and oxygen atoms in total. The molecule has 0 atom stereocenters. The second-order valence-corrected chi connectivity index (χ2v) is 9.53. The van der Waals surface area contributed by atoms with Crippen molar-refractivity contribution in [3.05, 3.63) is 65.7 Å². The van der Waals surface area contributed by atoms with Crippen LogP contribution in [-0.4, -0.2) is 78.3 Å². The molecule has 10 heteroatoms. The summed E-state index contributed by atoms with van der Waals surface area (Å²) in [5.41, 5.74) is 2.35. The summed E-state index contributed by atoms with van der Waals surface area (Å²) in [6.45, 7) is 5.08. The molecule has 0 radical (unpaired) electrons. The second-order valence-electron chi connectivity index (χ2n) is 9.09. The number of aromatic nitrogens is 2. The van der Waals surface area contributed by atoms with E-state index in [1.54, 1.807) is 36.3 Å². The van der Waals surface area contributed by atoms with Gasteiger partial charge < -0.3 is 24.8 Å². The number of methoxy groups -OCH3 is 1. The van der Waals surface area contributed by atoms with Crippen molar-refractivity contribution in [2.45, 2.75) is 19.8 Å². The maximum atomic E-state index is 13.2. The van der Waals surface area contributed by atoms with Crippen molar-refractivity contribution < 1.29 is 14.3 Å². The predicted octanol–water partition coefficient (Wildman–Crippen LogP) is 4.79. The summed E-state index contributed by atoms with van der Waals surface area (Å²) in [6, 6.07) is 18.3. The summed E-state index contributed by atoms with van der Waals surface area (Å²) in [5.74, 6) is 1.51. The van der Waals surface area contributed by atoms with Crippen molar-refractivity contribution in [3.63, 3.8) is 0 Å². The van der Waals surface area contributed by atoms with E-state index >= 15 is 0 Å². The molecule has 1 aromatic heterocycles. The van der Waals surface area contributed by atoms with E-state index < -0.39 is 0 Å². The van der Waals surface area contributed by atoms with E-state index in [4.69, 9.17) is 16.3 Å². The van der Waals surface area contributed by atoms with Gasteiger partial charge in [0.25, 0.3) is 0 Å². The molecule has 0 saturated carbocycles. The molecule has 0 spiro atoms. The van der Waals surface area contributed by atoms with Crippen molar-refractivity contribution in [3.8, 4) is 17.0 Å². The number of hydrogen-bond acceptors (Lipinski definition) is 6. The van der Waals surface area contributed by atoms with Gasteiger partial charge in [0, 0.05) is 49.0 Å². The Bertz CT molecular complexity index is 1220. The average molecular weight is 537 g/mol. The van der Waals surface area contributed by atoms with Crippen molar-refractivity contribution in [1.29, 1.82) is 0 Å². The molecule has 1 saturated heterocycles. The molecule has 4 rings (SSSR count). The van der Waals surface area contributed by atoms with Gasteiger partial charge in [-0.05, 0) is 67.4 Å². The number of ether oxygens (including phenoxy) is 1. The summed E-state index contributed by atoms with van der Waals surface area (Å²) >= 11 is 6.03. The third-order valence-electron chi connectivity index (χ3n) is 6.39. The highest BCUT2D eigenvalue weighted by molar-refractivity contribution is 6.30. The minimum absolute atomic E-state index is 0.0244. The van der Waals surface area contributed by atoms with E-state index in [9.17, 15) is 9.59 Å². The van der Waals surface area contributed by atoms with Gasteiger partial charge in [0.1, 0.15) is 12.3 Å². The van der Waals surface area contributed by atoms with Crippen LogP contribution in [0.4, 0.5) is 16.3 Å². The normalized spacial score (nSPS) is 13.6. The van der Waals surface area contributed by atoms with Gasteiger partial charge in [0.05, 0.1) is 12.8 Å². The quantitative estimate of drug-likeness (QED) is 0.445. The SMILES string of the molecule is CCCN(CC(=O)N1CCCN(c2ccc(-c3ccc(OC)cc3)nn2)CC1)C(=O)Nc1cccc(Cl)c1. The van der Waals surface area contributed by atoms with Gasteiger partial charge in [-0.15, -0.1) is 10.2 Å². The van der Waals surface area contributed by atoms with Crippen molar-refractivity contribution >= 4 is 35.0 Å². The highest BCUT2D eigenvalue weighted by Crippen LogP contribution is 2.22. The topological polar surface area (TPSA) is 90.9 Å². The molecule has 1 aliphatic rings. The van der Waals surface area contributed by atoms with Crippen LogP contribution in [0.5, 0.6) is 5.75 Å². The first-order valence-corrected chi connectivity index (χ1v) is 13.2. The molecule has 38 heavy (non-hydrogen) atoms. The van der Waals surface area contributed by atoms with E-state index in [0.717, 1.165) is 42.2 Å². The van der Waals surface area contributed by atoms with E-state index in [0.29, 0.717) is 36.9 Å². The number of nitrogens with zero attached hydrogens (tertiary/aromatic N) is 5. The van der Waals surface area contributed by atoms with Crippen molar-refractivity contribution in [2.24, 2.45) is 0 Å². The molecule has 200 valence electrons. The number of benzene rings is 2. The number of carbonyl (C=O) groups is 2. The van der Waals surface area contributed by atoms with Crippen LogP contribution in [0.15, 0.2) is 60.7 Å². The van der Waals surface area contributed by atoms with Crippen LogP contribution < -0.4 is 15.0 Å². The Hall–Kier alpha value is -3.85. The maximum Gasteiger partial charge on any atom is 0.322 e. The highest BCUT2D eigenvalue weighted by Gasteiger charge is 2.24. The van der Waals surface area contributed by atoms with Gasteiger partial charge in [-0.1, -0.05) is 24.6 Å². The number of amides is 3. The lowest BCUT2D eigenvalue weighted by Crippen LogP contribution is -2.45. The molecule has 3 amide bonds. The van der Waals surface area contributed by atoms with E-state index in [2.05, 4.69) is 20.4 Å². The lowest BCUT2D eigenvalue weighted by molar-refractivity contribution is -0.131. The van der Waals surface area contributed by atoms with E-state index in [1.807, 2.05) is 48.2 Å². The Labute approximate surface area is 228 Å². The third kappa shape index (κ3) is 7.13. The Morgan fingerprint density at radius 3 is 2.53 bits per heavy atom. The molecule has 2 heterocycles. The zero-order chi connectivity index (χ0) is 26.9. The fourth-order valence-electron chi connectivity index (χ4n) is 4.36. The Balaban J connectivity index is 1.33. The number of urea groups is 1. The Morgan fingerprint density at radius 2 is 1.84 bits per heavy atom. The van der Waals surface area contributed by atoms with Crippen LogP contribution in [0.1, 0.15) is 19.8 Å². The molecule has 0 unspecified atom stereocenters. The minimum Gasteiger partial charge on any atom is -0.497 e. The number of halogens is 1. The fraction of sp³-hybridized carbons (Fsp3) is 0.357. The summed E-state index contributed by atoms with van der Waals surface area (Å²) in [5, 5.41) is 12.2. The first-order valence-electron chi connectivity index (χ1n) is 12.8. The maximum absolute atomic E-state index is 13.2. The summed E-state index contributed by atoms with van der Waals surface area (Å²) in [4.78, 5) is 31.6. The van der Waals surface area contributed by atoms with Crippen LogP contribution in [0.2, 0.25) is 5.02 Å². The monoisotopic (exact) mass is 536 g/mol. The second kappa shape index (κ2) is 13.1. The number of carbonyl (C=O) groups excluding carboxylic acids is 2. The first-order chi connectivity index (χ1) is 18.5. The molecule has 1 fully saturated rings. The lowest BCUT2D eigenvalue weighted by atomic mass is 10.1. The summed E-state index contributed by atoms with van der Waals surface area (Å²) < 4.78 is 5.22. The molecule has 0 bridgehead atoms. The number of anilines is 2. The van der Waals surface area contributed by atoms with Gasteiger partial charge >= 0.3 is 6.03 Å². The Morgan fingerprint density at radius 1 is 1.03 bits per heavy atom. The van der Waals surface area contributed by atoms with Crippen molar-refractivity contribution in [1.82, 2.24) is 20.0 Å². The number of nitrogens with one attached hydrogen (secondary N) is 1. The van der Waals surface area contributed by atoms with Gasteiger partial charge in [0.2, 0.25) is 5.91 Å². The molecule has 2 aromatic carbocycles. The van der Waals surface area contributed by atoms with Crippen molar-refractivity contribution in [2.75, 3.05) is 56.6 Å². The van der Waals surface area contributed by atoms with Crippen LogP contribution in [0.25, 0.3) is 11.3 Å². The molecule has 1 aliphatic heterocycles. The van der Waals surface area contributed by atoms with E-state index in [1.165, 1.54) is 0 Å². The van der Waals surface area contributed by atoms with Crippen LogP contribution in [-0.2, 0) is 4.79 Å². The summed E-state index contributed by atoms with van der Waals surface area (Å²) in [7, 11) is 1.64. The number of rotatable bonds is 8. The molecule has 3 aromatic rings. The third-order valence-corrected chi connectivity index (χ3v) is 6.63. The zero-order valence-corrected chi connectivity index (χ0v) is 22.5. The first kappa shape index (κ1) is 27.2. The highest BCUT2D eigenvalue weighted by atomic mass is 35.5. The van der Waals surface area contributed by atoms with E-state index in [-0.39, 0.29) is 18.5 Å². The van der Waals surface area contributed by atoms with Gasteiger partial charge in [-0.25, -0.2) is 4.79 Å². The minimum atomic E-state index is -0.314. The predicted molar refractivity (Wildman–Crippen MR) is 150 cm³/mol. The van der Waals surface area contributed by atoms with Crippen LogP contribution >= 0.6 is 11.6 Å². The molecule has 0 aliphatic carbocycles. The lowest BCUT2D eigenvalue weighted by Gasteiger charge is -2.27. The van der Waals surface area contributed by atoms with Gasteiger partial charge in [0.15, 0.2) is 5.82 Å². The molecular formula is C28H33ClN6O3. The fourth-order valence-corrected chi connectivity index (χ4v) is 4.55. The zero-order valence-electron chi connectivity index (χ0n) is 21.8. The standard InChI is InChI=1S/C28H33ClN6O3/c1-3-14-35(28(37)30-23-7-4-6-22(29)19-23)20-27(36)34-16-5-15-33(17-18-34)26-13-12-25(31-32-26)21-8-10-24(38-2)11-9-21/h4,6-13,19H,3,5,14-18,20H2,1-2H3,(H,30,37). The summed E-state index contributed by atoms with van der Waals surface area (Å²) in [6.07, 6.45) is 1.55. The van der Waals surface area contributed by atoms with Gasteiger partial charge in [-0.2, -0.15) is 0 Å². The van der Waals surface area contributed by atoms with Crippen LogP contribution in [0, 0.1) is 0 Å². The largest absolute Gasteiger partial charge is 0.497 e. The smallest absolute Gasteiger partial charge is 0.322 e. The molecule has 1 N–H and O–H groups in total. The Kier molecular flexibility index (Phi) is 9.37. The van der Waals surface area contributed by atoms with Crippen LogP contribution in [0.3, 0.4) is 0 Å².